The van der Waals surface area contributed by atoms with E-state index in [-0.39, 0.29) is 24.2 Å². The molecule has 1 saturated heterocycles. The van der Waals surface area contributed by atoms with Gasteiger partial charge in [-0.05, 0) is 48.9 Å². The molecule has 3 N–H and O–H groups in total. The first-order valence-electron chi connectivity index (χ1n) is 6.92. The fourth-order valence-electron chi connectivity index (χ4n) is 3.04. The van der Waals surface area contributed by atoms with Gasteiger partial charge in [0.2, 0.25) is 0 Å². The number of carboxylic acid groups (broad SMARTS) is 1. The van der Waals surface area contributed by atoms with Gasteiger partial charge in [-0.1, -0.05) is 6.07 Å². The normalized spacial score (nSPS) is 22.1. The molecule has 114 valence electrons. The molecule has 1 heterocycles. The topological polar surface area (TPSA) is 83.6 Å². The molecule has 2 rings (SSSR count). The zero-order valence-electron chi connectivity index (χ0n) is 11.9. The summed E-state index contributed by atoms with van der Waals surface area (Å²) in [7, 11) is 0. The Morgan fingerprint density at radius 2 is 2.19 bits per heavy atom. The summed E-state index contributed by atoms with van der Waals surface area (Å²) in [6, 6.07) is 3.59. The monoisotopic (exact) mass is 294 g/mol. The third kappa shape index (κ3) is 3.51. The number of likely N-dealkylation sites (tertiary alicyclic amines) is 1. The molecule has 0 aromatic heterocycles. The Morgan fingerprint density at radius 1 is 1.48 bits per heavy atom. The fourth-order valence-corrected chi connectivity index (χ4v) is 3.04. The number of benzene rings is 1. The minimum Gasteiger partial charge on any atom is -0.481 e. The Labute approximate surface area is 122 Å². The molecule has 2 unspecified atom stereocenters. The molecule has 1 aliphatic heterocycles. The number of carbonyl (C=O) groups is 2. The van der Waals surface area contributed by atoms with Crippen LogP contribution in [0.5, 0.6) is 0 Å². The molecular formula is C15H19FN2O3. The predicted molar refractivity (Wildman–Crippen MR) is 75.1 cm³/mol. The zero-order chi connectivity index (χ0) is 15.6. The molecule has 2 atom stereocenters. The second-order valence-corrected chi connectivity index (χ2v) is 5.54. The number of nitrogens with two attached hydrogens (primary N) is 1. The Morgan fingerprint density at radius 3 is 2.76 bits per heavy atom. The Balaban J connectivity index is 2.29. The zero-order valence-corrected chi connectivity index (χ0v) is 11.9. The van der Waals surface area contributed by atoms with Crippen molar-refractivity contribution in [1.82, 2.24) is 4.90 Å². The van der Waals surface area contributed by atoms with Crippen molar-refractivity contribution in [2.24, 2.45) is 11.7 Å². The van der Waals surface area contributed by atoms with Crippen LogP contribution in [0.25, 0.3) is 0 Å². The SMILES string of the molecule is Cc1cc(F)ccc1C1CC(CC(=O)O)CCN1C(N)=O. The fraction of sp³-hybridized carbons (Fsp3) is 0.467. The van der Waals surface area contributed by atoms with Gasteiger partial charge in [0.1, 0.15) is 5.82 Å². The van der Waals surface area contributed by atoms with Crippen LogP contribution < -0.4 is 5.73 Å². The van der Waals surface area contributed by atoms with Crippen molar-refractivity contribution in [2.45, 2.75) is 32.2 Å². The van der Waals surface area contributed by atoms with Gasteiger partial charge in [-0.15, -0.1) is 0 Å². The minimum absolute atomic E-state index is 0.00690. The Kier molecular flexibility index (Phi) is 4.45. The van der Waals surface area contributed by atoms with Crippen LogP contribution in [0.15, 0.2) is 18.2 Å². The Hall–Kier alpha value is -2.11. The van der Waals surface area contributed by atoms with Gasteiger partial charge >= 0.3 is 12.0 Å². The summed E-state index contributed by atoms with van der Waals surface area (Å²) in [5.41, 5.74) is 6.98. The largest absolute Gasteiger partial charge is 0.481 e. The third-order valence-corrected chi connectivity index (χ3v) is 4.05. The van der Waals surface area contributed by atoms with E-state index in [0.717, 1.165) is 11.1 Å². The summed E-state index contributed by atoms with van der Waals surface area (Å²) in [6.07, 6.45) is 1.22. The van der Waals surface area contributed by atoms with Crippen molar-refractivity contribution in [2.75, 3.05) is 6.54 Å². The molecule has 0 spiro atoms. The van der Waals surface area contributed by atoms with Crippen molar-refractivity contribution in [3.63, 3.8) is 0 Å². The average Bonchev–Trinajstić information content (AvgIpc) is 2.37. The van der Waals surface area contributed by atoms with Crippen LogP contribution in [0.4, 0.5) is 9.18 Å². The van der Waals surface area contributed by atoms with E-state index < -0.39 is 12.0 Å². The van der Waals surface area contributed by atoms with Crippen molar-refractivity contribution in [3.8, 4) is 0 Å². The number of urea groups is 1. The van der Waals surface area contributed by atoms with Crippen LogP contribution in [0.1, 0.15) is 36.4 Å². The van der Waals surface area contributed by atoms with E-state index >= 15 is 0 Å². The minimum atomic E-state index is -0.845. The summed E-state index contributed by atoms with van der Waals surface area (Å²) in [6.45, 7) is 2.20. The molecule has 0 aliphatic carbocycles. The lowest BCUT2D eigenvalue weighted by molar-refractivity contribution is -0.138. The number of primary amides is 1. The maximum Gasteiger partial charge on any atom is 0.315 e. The van der Waals surface area contributed by atoms with Crippen LogP contribution in [-0.2, 0) is 4.79 Å². The lowest BCUT2D eigenvalue weighted by Crippen LogP contribution is -2.44. The molecule has 1 fully saturated rings. The van der Waals surface area contributed by atoms with E-state index in [1.54, 1.807) is 17.9 Å². The van der Waals surface area contributed by atoms with Gasteiger partial charge < -0.3 is 15.7 Å². The summed E-state index contributed by atoms with van der Waals surface area (Å²) in [4.78, 5) is 24.0. The van der Waals surface area contributed by atoms with E-state index in [2.05, 4.69) is 0 Å². The lowest BCUT2D eigenvalue weighted by atomic mass is 9.84. The van der Waals surface area contributed by atoms with E-state index in [0.29, 0.717) is 19.4 Å². The van der Waals surface area contributed by atoms with Gasteiger partial charge in [-0.25, -0.2) is 9.18 Å². The van der Waals surface area contributed by atoms with Gasteiger partial charge in [0, 0.05) is 13.0 Å². The first kappa shape index (κ1) is 15.3. The number of aryl methyl sites for hydroxylation is 1. The van der Waals surface area contributed by atoms with Crippen molar-refractivity contribution < 1.29 is 19.1 Å². The van der Waals surface area contributed by atoms with Crippen LogP contribution in [0.2, 0.25) is 0 Å². The van der Waals surface area contributed by atoms with E-state index in [4.69, 9.17) is 10.8 Å². The molecule has 0 bridgehead atoms. The standard InChI is InChI=1S/C15H19FN2O3/c1-9-6-11(16)2-3-12(9)13-7-10(8-14(19)20)4-5-18(13)15(17)21/h2-3,6,10,13H,4-5,7-8H2,1H3,(H2,17,21)(H,19,20). The number of piperidine rings is 1. The number of nitrogens with zero attached hydrogens (tertiary/aromatic N) is 1. The average molecular weight is 294 g/mol. The number of halogens is 1. The molecule has 0 radical (unpaired) electrons. The molecular weight excluding hydrogens is 275 g/mol. The van der Waals surface area contributed by atoms with E-state index in [1.807, 2.05) is 0 Å². The highest BCUT2D eigenvalue weighted by atomic mass is 19.1. The number of amides is 2. The number of rotatable bonds is 3. The predicted octanol–water partition coefficient (Wildman–Crippen LogP) is 2.44. The molecule has 1 aromatic carbocycles. The molecule has 0 saturated carbocycles. The first-order chi connectivity index (χ1) is 9.88. The number of hydrogen-bond donors (Lipinski definition) is 2. The molecule has 5 nitrogen and oxygen atoms in total. The number of carbonyl (C=O) groups excluding carboxylic acids is 1. The van der Waals surface area contributed by atoms with Gasteiger partial charge in [-0.3, -0.25) is 4.79 Å². The van der Waals surface area contributed by atoms with Crippen molar-refractivity contribution in [1.29, 1.82) is 0 Å². The number of aliphatic carboxylic acids is 1. The maximum absolute atomic E-state index is 13.2. The van der Waals surface area contributed by atoms with Crippen LogP contribution in [0.3, 0.4) is 0 Å². The van der Waals surface area contributed by atoms with Crippen LogP contribution in [-0.4, -0.2) is 28.6 Å². The molecule has 2 amide bonds. The van der Waals surface area contributed by atoms with Gasteiger partial charge in [0.15, 0.2) is 0 Å². The van der Waals surface area contributed by atoms with Crippen LogP contribution in [0, 0.1) is 18.7 Å². The molecule has 1 aromatic rings. The highest BCUT2D eigenvalue weighted by molar-refractivity contribution is 5.73. The summed E-state index contributed by atoms with van der Waals surface area (Å²) >= 11 is 0. The molecule has 1 aliphatic rings. The quantitative estimate of drug-likeness (QED) is 0.898. The first-order valence-corrected chi connectivity index (χ1v) is 6.92. The highest BCUT2D eigenvalue weighted by Gasteiger charge is 2.33. The lowest BCUT2D eigenvalue weighted by Gasteiger charge is -2.39. The number of hydrogen-bond acceptors (Lipinski definition) is 2. The molecule has 6 heteroatoms. The van der Waals surface area contributed by atoms with Crippen molar-refractivity contribution >= 4 is 12.0 Å². The number of carboxylic acids is 1. The second-order valence-electron chi connectivity index (χ2n) is 5.54. The smallest absolute Gasteiger partial charge is 0.315 e. The second kappa shape index (κ2) is 6.11. The Bertz CT molecular complexity index is 562. The van der Waals surface area contributed by atoms with Gasteiger partial charge in [0.05, 0.1) is 6.04 Å². The van der Waals surface area contributed by atoms with Gasteiger partial charge in [0.25, 0.3) is 0 Å². The maximum atomic E-state index is 13.2. The van der Waals surface area contributed by atoms with Crippen LogP contribution >= 0.6 is 0 Å². The summed E-state index contributed by atoms with van der Waals surface area (Å²) < 4.78 is 13.2. The van der Waals surface area contributed by atoms with E-state index in [1.165, 1.54) is 12.1 Å². The third-order valence-electron chi connectivity index (χ3n) is 4.05. The summed E-state index contributed by atoms with van der Waals surface area (Å²) in [5, 5.41) is 8.93. The summed E-state index contributed by atoms with van der Waals surface area (Å²) in [5.74, 6) is -1.19. The van der Waals surface area contributed by atoms with Crippen molar-refractivity contribution in [3.05, 3.63) is 35.1 Å². The molecule has 21 heavy (non-hydrogen) atoms. The van der Waals surface area contributed by atoms with E-state index in [9.17, 15) is 14.0 Å². The van der Waals surface area contributed by atoms with Gasteiger partial charge in [-0.2, -0.15) is 0 Å². The highest BCUT2D eigenvalue weighted by Crippen LogP contribution is 2.36.